The number of rotatable bonds is 10. The van der Waals surface area contributed by atoms with Gasteiger partial charge in [0.15, 0.2) is 0 Å². The van der Waals surface area contributed by atoms with E-state index in [4.69, 9.17) is 16.3 Å². The average Bonchev–Trinajstić information content (AvgIpc) is 2.99. The van der Waals surface area contributed by atoms with E-state index in [0.29, 0.717) is 18.1 Å². The molecule has 2 saturated heterocycles. The highest BCUT2D eigenvalue weighted by atomic mass is 35.5. The number of likely N-dealkylation sites (tertiary alicyclic amines) is 1. The molecule has 0 spiro atoms. The Morgan fingerprint density at radius 1 is 0.949 bits per heavy atom. The van der Waals surface area contributed by atoms with Crippen LogP contribution in [0.15, 0.2) is 60.8 Å². The number of piperidine rings is 2. The Balaban J connectivity index is 1.27. The number of benzene rings is 2. The third-order valence-corrected chi connectivity index (χ3v) is 9.39. The minimum atomic E-state index is 0.238. The van der Waals surface area contributed by atoms with E-state index >= 15 is 0 Å². The van der Waals surface area contributed by atoms with Crippen LogP contribution in [-0.4, -0.2) is 62.4 Å². The molecular weight excluding hydrogens is 504 g/mol. The monoisotopic (exact) mass is 550 g/mol. The molecule has 2 aromatic carbocycles. The molecule has 5 rings (SSSR count). The molecule has 39 heavy (non-hydrogen) atoms. The molecule has 2 heterocycles. The van der Waals surface area contributed by atoms with Crippen molar-refractivity contribution in [3.63, 3.8) is 0 Å². The second kappa shape index (κ2) is 13.9. The molecule has 3 fully saturated rings. The lowest BCUT2D eigenvalue weighted by Gasteiger charge is -2.46. The standard InChI is InChI=1S/C33H47ClN4O/c1-25(33(36-28-16-20-35-21-17-28)24-26-8-10-27(34)11-9-26)37-22-18-31(19-23-37)38(29-6-4-3-5-7-29)30-12-14-32(39-2)15-13-30/h8-15,28-29,31,33,35-36H,1,3-7,16-24H2,2H3/t33-/m1/s1. The third-order valence-electron chi connectivity index (χ3n) is 9.13. The number of hydrogen-bond donors (Lipinski definition) is 2. The average molecular weight is 551 g/mol. The summed E-state index contributed by atoms with van der Waals surface area (Å²) in [6.45, 7) is 8.99. The summed E-state index contributed by atoms with van der Waals surface area (Å²) in [6.07, 6.45) is 12.3. The smallest absolute Gasteiger partial charge is 0.119 e. The number of anilines is 1. The van der Waals surface area contributed by atoms with E-state index in [1.54, 1.807) is 7.11 Å². The number of nitrogens with zero attached hydrogens (tertiary/aromatic N) is 2. The van der Waals surface area contributed by atoms with Crippen molar-refractivity contribution in [2.45, 2.75) is 88.4 Å². The molecule has 0 aromatic heterocycles. The van der Waals surface area contributed by atoms with Gasteiger partial charge in [0.25, 0.3) is 0 Å². The Morgan fingerprint density at radius 2 is 1.59 bits per heavy atom. The molecule has 2 aliphatic heterocycles. The molecule has 2 aromatic rings. The van der Waals surface area contributed by atoms with Crippen molar-refractivity contribution in [2.75, 3.05) is 38.2 Å². The Labute approximate surface area is 240 Å². The lowest BCUT2D eigenvalue weighted by atomic mass is 9.90. The summed E-state index contributed by atoms with van der Waals surface area (Å²) < 4.78 is 5.45. The van der Waals surface area contributed by atoms with Gasteiger partial charge in [0.05, 0.1) is 13.2 Å². The highest BCUT2D eigenvalue weighted by molar-refractivity contribution is 6.30. The van der Waals surface area contributed by atoms with Gasteiger partial charge in [0.2, 0.25) is 0 Å². The zero-order valence-corrected chi connectivity index (χ0v) is 24.5. The predicted molar refractivity (Wildman–Crippen MR) is 164 cm³/mol. The van der Waals surface area contributed by atoms with Crippen molar-refractivity contribution in [3.05, 3.63) is 71.4 Å². The van der Waals surface area contributed by atoms with Crippen molar-refractivity contribution in [3.8, 4) is 5.75 Å². The second-order valence-electron chi connectivity index (χ2n) is 11.7. The molecule has 0 radical (unpaired) electrons. The van der Waals surface area contributed by atoms with Crippen LogP contribution >= 0.6 is 11.6 Å². The molecule has 2 N–H and O–H groups in total. The summed E-state index contributed by atoms with van der Waals surface area (Å²) >= 11 is 6.18. The summed E-state index contributed by atoms with van der Waals surface area (Å²) in [5.41, 5.74) is 3.91. The minimum Gasteiger partial charge on any atom is -0.497 e. The van der Waals surface area contributed by atoms with E-state index in [1.807, 2.05) is 12.1 Å². The largest absolute Gasteiger partial charge is 0.497 e. The van der Waals surface area contributed by atoms with E-state index in [1.165, 1.54) is 74.7 Å². The van der Waals surface area contributed by atoms with Crippen molar-refractivity contribution in [2.24, 2.45) is 0 Å². The Kier molecular flexibility index (Phi) is 10.1. The van der Waals surface area contributed by atoms with E-state index in [0.717, 1.165) is 43.4 Å². The first kappa shape index (κ1) is 28.3. The van der Waals surface area contributed by atoms with Gasteiger partial charge < -0.3 is 25.2 Å². The Morgan fingerprint density at radius 3 is 2.23 bits per heavy atom. The highest BCUT2D eigenvalue weighted by Crippen LogP contribution is 2.34. The SMILES string of the molecule is C=C([C@@H](Cc1ccc(Cl)cc1)NC1CCNCC1)N1CCC(N(c2ccc(OC)cc2)C2CCCCC2)CC1. The maximum Gasteiger partial charge on any atom is 0.119 e. The molecule has 1 atom stereocenters. The molecule has 0 bridgehead atoms. The summed E-state index contributed by atoms with van der Waals surface area (Å²) in [7, 11) is 1.75. The fraction of sp³-hybridized carbons (Fsp3) is 0.576. The van der Waals surface area contributed by atoms with Crippen LogP contribution < -0.4 is 20.3 Å². The maximum absolute atomic E-state index is 6.18. The Hall–Kier alpha value is -2.21. The van der Waals surface area contributed by atoms with E-state index in [2.05, 4.69) is 63.4 Å². The van der Waals surface area contributed by atoms with Crippen LogP contribution in [0.1, 0.15) is 63.4 Å². The van der Waals surface area contributed by atoms with Crippen molar-refractivity contribution in [1.29, 1.82) is 0 Å². The van der Waals surface area contributed by atoms with Gasteiger partial charge in [-0.2, -0.15) is 0 Å². The number of ether oxygens (including phenoxy) is 1. The topological polar surface area (TPSA) is 39.8 Å². The van der Waals surface area contributed by atoms with Gasteiger partial charge in [-0.25, -0.2) is 0 Å². The fourth-order valence-corrected chi connectivity index (χ4v) is 7.01. The molecule has 212 valence electrons. The molecule has 0 amide bonds. The fourth-order valence-electron chi connectivity index (χ4n) is 6.89. The van der Waals surface area contributed by atoms with Crippen molar-refractivity contribution >= 4 is 17.3 Å². The van der Waals surface area contributed by atoms with Gasteiger partial charge in [0, 0.05) is 47.6 Å². The van der Waals surface area contributed by atoms with Crippen LogP contribution in [-0.2, 0) is 6.42 Å². The van der Waals surface area contributed by atoms with E-state index in [9.17, 15) is 0 Å². The van der Waals surface area contributed by atoms with Gasteiger partial charge in [-0.05, 0) is 100.0 Å². The number of halogens is 1. The Bertz CT molecular complexity index is 1020. The summed E-state index contributed by atoms with van der Waals surface area (Å²) in [6, 6.07) is 19.1. The van der Waals surface area contributed by atoms with Crippen LogP contribution in [0.3, 0.4) is 0 Å². The number of methoxy groups -OCH3 is 1. The quantitative estimate of drug-likeness (QED) is 0.357. The van der Waals surface area contributed by atoms with Crippen molar-refractivity contribution in [1.82, 2.24) is 15.5 Å². The molecular formula is C33H47ClN4O. The summed E-state index contributed by atoms with van der Waals surface area (Å²) in [5, 5.41) is 8.29. The molecule has 3 aliphatic rings. The highest BCUT2D eigenvalue weighted by Gasteiger charge is 2.32. The zero-order chi connectivity index (χ0) is 27.0. The van der Waals surface area contributed by atoms with Gasteiger partial charge >= 0.3 is 0 Å². The van der Waals surface area contributed by atoms with Crippen LogP contribution in [0.5, 0.6) is 5.75 Å². The van der Waals surface area contributed by atoms with E-state index < -0.39 is 0 Å². The first-order valence-corrected chi connectivity index (χ1v) is 15.6. The van der Waals surface area contributed by atoms with Crippen LogP contribution in [0.25, 0.3) is 0 Å². The lowest BCUT2D eigenvalue weighted by Crippen LogP contribution is -2.52. The van der Waals surface area contributed by atoms with Gasteiger partial charge in [-0.15, -0.1) is 0 Å². The molecule has 1 saturated carbocycles. The van der Waals surface area contributed by atoms with Gasteiger partial charge in [0.1, 0.15) is 5.75 Å². The predicted octanol–water partition coefficient (Wildman–Crippen LogP) is 6.42. The van der Waals surface area contributed by atoms with Crippen molar-refractivity contribution < 1.29 is 4.74 Å². The van der Waals surface area contributed by atoms with Crippen LogP contribution in [0, 0.1) is 0 Å². The van der Waals surface area contributed by atoms with Gasteiger partial charge in [-0.1, -0.05) is 49.6 Å². The molecule has 0 unspecified atom stereocenters. The van der Waals surface area contributed by atoms with Gasteiger partial charge in [-0.3, -0.25) is 0 Å². The normalized spacial score (nSPS) is 20.5. The van der Waals surface area contributed by atoms with Crippen LogP contribution in [0.2, 0.25) is 5.02 Å². The maximum atomic E-state index is 6.18. The number of hydrogen-bond acceptors (Lipinski definition) is 5. The first-order chi connectivity index (χ1) is 19.1. The second-order valence-corrected chi connectivity index (χ2v) is 12.1. The number of nitrogens with one attached hydrogen (secondary N) is 2. The molecule has 1 aliphatic carbocycles. The summed E-state index contributed by atoms with van der Waals surface area (Å²) in [5.74, 6) is 0.932. The third kappa shape index (κ3) is 7.50. The van der Waals surface area contributed by atoms with Crippen LogP contribution in [0.4, 0.5) is 5.69 Å². The minimum absolute atomic E-state index is 0.238. The lowest BCUT2D eigenvalue weighted by molar-refractivity contribution is 0.221. The van der Waals surface area contributed by atoms with E-state index in [-0.39, 0.29) is 6.04 Å². The zero-order valence-electron chi connectivity index (χ0n) is 23.7. The first-order valence-electron chi connectivity index (χ1n) is 15.2. The molecule has 6 heteroatoms. The summed E-state index contributed by atoms with van der Waals surface area (Å²) in [4.78, 5) is 5.34. The molecule has 5 nitrogen and oxygen atoms in total.